The molecule has 2 aliphatic rings. The summed E-state index contributed by atoms with van der Waals surface area (Å²) in [5, 5.41) is 9.01. The van der Waals surface area contributed by atoms with E-state index < -0.39 is 12.1 Å². The molecule has 1 saturated heterocycles. The number of nitrogens with one attached hydrogen (secondary N) is 1. The van der Waals surface area contributed by atoms with Gasteiger partial charge in [0.05, 0.1) is 11.2 Å². The van der Waals surface area contributed by atoms with E-state index in [0.29, 0.717) is 30.8 Å². The van der Waals surface area contributed by atoms with Crippen LogP contribution < -0.4 is 5.32 Å². The molecule has 240 valence electrons. The number of carbonyl (C=O) groups is 2. The van der Waals surface area contributed by atoms with Crippen LogP contribution in [0.4, 0.5) is 4.79 Å². The van der Waals surface area contributed by atoms with Gasteiger partial charge in [-0.05, 0) is 47.1 Å². The Morgan fingerprint density at radius 1 is 0.979 bits per heavy atom. The summed E-state index contributed by atoms with van der Waals surface area (Å²) < 4.78 is 22.6. The normalized spacial score (nSPS) is 16.3. The number of thiazole rings is 1. The van der Waals surface area contributed by atoms with Gasteiger partial charge in [-0.1, -0.05) is 78.0 Å². The van der Waals surface area contributed by atoms with Gasteiger partial charge in [0.15, 0.2) is 17.9 Å². The monoisotopic (exact) mass is 650 g/mol. The summed E-state index contributed by atoms with van der Waals surface area (Å²) in [6, 6.07) is 23.1. The predicted octanol–water partition coefficient (Wildman–Crippen LogP) is 6.67. The van der Waals surface area contributed by atoms with Gasteiger partial charge >= 0.3 is 6.09 Å². The maximum atomic E-state index is 13.2. The third kappa shape index (κ3) is 7.32. The highest BCUT2D eigenvalue weighted by Crippen LogP contribution is 2.44. The standard InChI is InChI=1S/C36H34N4O6S/c41-32(20-44-34-11-5-6-16-43-34)24-14-12-23(13-15-24)17-33-39-35(46-40-33)31(18-25-21-47-22-37-25)38-36(42)45-19-30-28-9-3-1-7-26(28)27-8-2-4-10-29(27)30/h1-4,7-10,12-15,21-22,30-31,34H,5-6,11,16-20H2,(H,38,42)/t31-,34?/m0/s1. The summed E-state index contributed by atoms with van der Waals surface area (Å²) >= 11 is 1.47. The molecule has 0 bridgehead atoms. The number of alkyl carbamates (subject to hydrolysis) is 1. The number of carbonyl (C=O) groups excluding carboxylic acids is 2. The van der Waals surface area contributed by atoms with Crippen molar-refractivity contribution >= 4 is 23.2 Å². The molecule has 1 N–H and O–H groups in total. The van der Waals surface area contributed by atoms with E-state index >= 15 is 0 Å². The lowest BCUT2D eigenvalue weighted by molar-refractivity contribution is -0.155. The van der Waals surface area contributed by atoms with Crippen molar-refractivity contribution in [1.29, 1.82) is 0 Å². The maximum Gasteiger partial charge on any atom is 0.407 e. The quantitative estimate of drug-likeness (QED) is 0.147. The minimum absolute atomic E-state index is 0.0186. The minimum Gasteiger partial charge on any atom is -0.449 e. The molecule has 10 nitrogen and oxygen atoms in total. The fraction of sp³-hybridized carbons (Fsp3) is 0.306. The van der Waals surface area contributed by atoms with Gasteiger partial charge in [0.25, 0.3) is 0 Å². The first-order chi connectivity index (χ1) is 23.1. The number of hydrogen-bond acceptors (Lipinski definition) is 10. The van der Waals surface area contributed by atoms with Crippen LogP contribution in [0.5, 0.6) is 0 Å². The van der Waals surface area contributed by atoms with Crippen molar-refractivity contribution in [3.8, 4) is 11.1 Å². The molecule has 0 spiro atoms. The van der Waals surface area contributed by atoms with Gasteiger partial charge in [-0.15, -0.1) is 11.3 Å². The van der Waals surface area contributed by atoms with Gasteiger partial charge in [-0.25, -0.2) is 9.78 Å². The Balaban J connectivity index is 0.981. The largest absolute Gasteiger partial charge is 0.449 e. The summed E-state index contributed by atoms with van der Waals surface area (Å²) in [7, 11) is 0. The van der Waals surface area contributed by atoms with Crippen LogP contribution in [0.3, 0.4) is 0 Å². The van der Waals surface area contributed by atoms with E-state index in [2.05, 4.69) is 44.7 Å². The topological polar surface area (TPSA) is 126 Å². The van der Waals surface area contributed by atoms with E-state index in [9.17, 15) is 9.59 Å². The first-order valence-electron chi connectivity index (χ1n) is 15.8. The zero-order valence-electron chi connectivity index (χ0n) is 25.7. The molecule has 1 aliphatic heterocycles. The molecule has 3 heterocycles. The lowest BCUT2D eigenvalue weighted by Crippen LogP contribution is -2.32. The molecule has 1 unspecified atom stereocenters. The number of nitrogens with zero attached hydrogens (tertiary/aromatic N) is 3. The second-order valence-electron chi connectivity index (χ2n) is 11.7. The number of amides is 1. The highest BCUT2D eigenvalue weighted by Gasteiger charge is 2.30. The second-order valence-corrected chi connectivity index (χ2v) is 12.4. The van der Waals surface area contributed by atoms with Crippen LogP contribution in [0, 0.1) is 0 Å². The van der Waals surface area contributed by atoms with Crippen LogP contribution in [0.25, 0.3) is 11.1 Å². The fourth-order valence-electron chi connectivity index (χ4n) is 6.10. The predicted molar refractivity (Wildman–Crippen MR) is 174 cm³/mol. The Morgan fingerprint density at radius 2 is 1.74 bits per heavy atom. The Kier molecular flexibility index (Phi) is 9.45. The molecule has 11 heteroatoms. The SMILES string of the molecule is O=C(N[C@@H](Cc1cscn1)c1nc(Cc2ccc(C(=O)COC3CCCCO3)cc2)no1)OCC1c2ccccc2-c2ccccc21. The molecular formula is C36H34N4O6S. The minimum atomic E-state index is -0.637. The van der Waals surface area contributed by atoms with Crippen molar-refractivity contribution in [3.63, 3.8) is 0 Å². The lowest BCUT2D eigenvalue weighted by atomic mass is 9.98. The van der Waals surface area contributed by atoms with Crippen molar-refractivity contribution in [2.24, 2.45) is 0 Å². The van der Waals surface area contributed by atoms with Gasteiger partial charge < -0.3 is 24.1 Å². The van der Waals surface area contributed by atoms with Crippen molar-refractivity contribution in [2.75, 3.05) is 19.8 Å². The van der Waals surface area contributed by atoms with E-state index in [1.54, 1.807) is 17.6 Å². The van der Waals surface area contributed by atoms with Gasteiger partial charge in [-0.2, -0.15) is 4.98 Å². The summed E-state index contributed by atoms with van der Waals surface area (Å²) in [5.74, 6) is 0.557. The fourth-order valence-corrected chi connectivity index (χ4v) is 6.67. The van der Waals surface area contributed by atoms with E-state index in [1.165, 1.54) is 11.3 Å². The zero-order valence-corrected chi connectivity index (χ0v) is 26.5. The number of ether oxygens (including phenoxy) is 3. The first-order valence-corrected chi connectivity index (χ1v) is 16.7. The Hall–Kier alpha value is -4.71. The Labute approximate surface area is 276 Å². The molecular weight excluding hydrogens is 616 g/mol. The number of rotatable bonds is 12. The average molecular weight is 651 g/mol. The average Bonchev–Trinajstić information content (AvgIpc) is 3.87. The maximum absolute atomic E-state index is 13.2. The number of ketones is 1. The molecule has 1 aliphatic carbocycles. The number of hydrogen-bond donors (Lipinski definition) is 1. The van der Waals surface area contributed by atoms with Crippen LogP contribution >= 0.6 is 11.3 Å². The highest BCUT2D eigenvalue weighted by atomic mass is 32.1. The van der Waals surface area contributed by atoms with Gasteiger partial charge in [0.1, 0.15) is 19.3 Å². The van der Waals surface area contributed by atoms with Crippen LogP contribution in [-0.2, 0) is 27.1 Å². The smallest absolute Gasteiger partial charge is 0.407 e. The van der Waals surface area contributed by atoms with E-state index in [0.717, 1.165) is 52.8 Å². The van der Waals surface area contributed by atoms with Gasteiger partial charge in [-0.3, -0.25) is 4.79 Å². The Bertz CT molecular complexity index is 1770. The van der Waals surface area contributed by atoms with Crippen LogP contribution in [-0.4, -0.2) is 53.1 Å². The highest BCUT2D eigenvalue weighted by molar-refractivity contribution is 7.07. The van der Waals surface area contributed by atoms with Crippen molar-refractivity contribution in [2.45, 2.75) is 50.4 Å². The molecule has 7 rings (SSSR count). The van der Waals surface area contributed by atoms with Crippen LogP contribution in [0.15, 0.2) is 88.2 Å². The molecule has 2 aromatic heterocycles. The molecule has 3 aromatic carbocycles. The van der Waals surface area contributed by atoms with E-state index in [1.807, 2.05) is 41.8 Å². The van der Waals surface area contributed by atoms with Crippen LogP contribution in [0.1, 0.15) is 75.7 Å². The molecule has 47 heavy (non-hydrogen) atoms. The summed E-state index contributed by atoms with van der Waals surface area (Å²) in [5.41, 5.74) is 8.61. The molecule has 0 saturated carbocycles. The molecule has 0 radical (unpaired) electrons. The van der Waals surface area contributed by atoms with Gasteiger partial charge in [0.2, 0.25) is 5.89 Å². The van der Waals surface area contributed by atoms with E-state index in [-0.39, 0.29) is 37.1 Å². The van der Waals surface area contributed by atoms with E-state index in [4.69, 9.17) is 18.7 Å². The van der Waals surface area contributed by atoms with Crippen LogP contribution in [0.2, 0.25) is 0 Å². The van der Waals surface area contributed by atoms with Crippen molar-refractivity contribution in [1.82, 2.24) is 20.4 Å². The second kappa shape index (κ2) is 14.4. The van der Waals surface area contributed by atoms with Gasteiger partial charge in [0, 0.05) is 36.3 Å². The third-order valence-corrected chi connectivity index (χ3v) is 9.13. The van der Waals surface area contributed by atoms with Crippen molar-refractivity contribution < 1.29 is 28.3 Å². The number of fused-ring (bicyclic) bond motifs is 3. The zero-order chi connectivity index (χ0) is 32.0. The number of aromatic nitrogens is 3. The molecule has 1 amide bonds. The lowest BCUT2D eigenvalue weighted by Gasteiger charge is -2.22. The Morgan fingerprint density at radius 3 is 2.45 bits per heavy atom. The molecule has 2 atom stereocenters. The first kappa shape index (κ1) is 30.9. The summed E-state index contributed by atoms with van der Waals surface area (Å²) in [6.45, 7) is 0.842. The number of benzene rings is 3. The molecule has 1 fully saturated rings. The molecule has 5 aromatic rings. The summed E-state index contributed by atoms with van der Waals surface area (Å²) in [6.07, 6.45) is 2.74. The van der Waals surface area contributed by atoms with Crippen molar-refractivity contribution in [3.05, 3.63) is 123 Å². The summed E-state index contributed by atoms with van der Waals surface area (Å²) in [4.78, 5) is 34.8. The third-order valence-electron chi connectivity index (χ3n) is 8.49. The number of Topliss-reactive ketones (excluding diaryl/α,β-unsaturated/α-hetero) is 1.